The molecular weight excluding hydrogens is 460 g/mol. The van der Waals surface area contributed by atoms with Gasteiger partial charge in [-0.05, 0) is 28.8 Å². The van der Waals surface area contributed by atoms with Crippen LogP contribution in [0.2, 0.25) is 5.02 Å². The van der Waals surface area contributed by atoms with Crippen LogP contribution in [0.15, 0.2) is 84.9 Å². The number of benzene rings is 3. The van der Waals surface area contributed by atoms with Gasteiger partial charge in [0.1, 0.15) is 19.3 Å². The smallest absolute Gasteiger partial charge is 0.337 e. The van der Waals surface area contributed by atoms with Gasteiger partial charge in [-0.25, -0.2) is 9.59 Å². The highest BCUT2D eigenvalue weighted by Gasteiger charge is 2.59. The fourth-order valence-electron chi connectivity index (χ4n) is 3.61. The Bertz CT molecular complexity index is 1020. The molecule has 1 fully saturated rings. The van der Waals surface area contributed by atoms with E-state index in [1.807, 2.05) is 60.7 Å². The highest BCUT2D eigenvalue weighted by molar-refractivity contribution is 8.02. The lowest BCUT2D eigenvalue weighted by molar-refractivity contribution is -0.168. The minimum atomic E-state index is -1.70. The molecule has 1 aliphatic rings. The van der Waals surface area contributed by atoms with E-state index in [4.69, 9.17) is 25.8 Å². The van der Waals surface area contributed by atoms with Crippen LogP contribution in [0.1, 0.15) is 22.8 Å². The summed E-state index contributed by atoms with van der Waals surface area (Å²) in [5.41, 5.74) is 2.30. The highest BCUT2D eigenvalue weighted by Crippen LogP contribution is 2.46. The first kappa shape index (κ1) is 23.4. The van der Waals surface area contributed by atoms with E-state index in [9.17, 15) is 9.59 Å². The van der Waals surface area contributed by atoms with Crippen molar-refractivity contribution in [2.24, 2.45) is 0 Å². The Morgan fingerprint density at radius 1 is 0.848 bits per heavy atom. The van der Waals surface area contributed by atoms with Crippen molar-refractivity contribution in [3.05, 3.63) is 107 Å². The van der Waals surface area contributed by atoms with Gasteiger partial charge in [-0.15, -0.1) is 11.8 Å². The Kier molecular flexibility index (Phi) is 7.70. The number of carbonyl (C=O) groups excluding carboxylic acids is 2. The van der Waals surface area contributed by atoms with Gasteiger partial charge in [0.2, 0.25) is 4.75 Å². The van der Waals surface area contributed by atoms with E-state index in [0.717, 1.165) is 11.1 Å². The number of ether oxygens (including phenoxy) is 3. The van der Waals surface area contributed by atoms with Gasteiger partial charge >= 0.3 is 11.9 Å². The minimum Gasteiger partial charge on any atom is -0.459 e. The highest BCUT2D eigenvalue weighted by atomic mass is 35.5. The number of hydrogen-bond acceptors (Lipinski definition) is 6. The van der Waals surface area contributed by atoms with Gasteiger partial charge in [0, 0.05) is 10.8 Å². The second-order valence-electron chi connectivity index (χ2n) is 7.51. The van der Waals surface area contributed by atoms with Gasteiger partial charge in [-0.3, -0.25) is 0 Å². The number of carbonyl (C=O) groups is 2. The van der Waals surface area contributed by atoms with E-state index >= 15 is 0 Å². The Labute approximate surface area is 202 Å². The lowest BCUT2D eigenvalue weighted by Gasteiger charge is -2.39. The van der Waals surface area contributed by atoms with Crippen molar-refractivity contribution in [3.63, 3.8) is 0 Å². The number of halogens is 1. The van der Waals surface area contributed by atoms with E-state index < -0.39 is 22.8 Å². The zero-order valence-corrected chi connectivity index (χ0v) is 19.4. The number of hydrogen-bond donors (Lipinski definition) is 0. The molecule has 0 aromatic heterocycles. The standard InChI is InChI=1S/C26H23ClO5S/c27-22-13-11-21(12-14-22)23-26(33-16-15-30-23,24(28)31-17-19-7-3-1-4-8-19)25(29)32-18-20-9-5-2-6-10-20/h1-14,23H,15-18H2/t23-/m1/s1. The molecule has 0 aliphatic carbocycles. The maximum absolute atomic E-state index is 13.5. The topological polar surface area (TPSA) is 61.8 Å². The van der Waals surface area contributed by atoms with Crippen molar-refractivity contribution in [3.8, 4) is 0 Å². The third-order valence-electron chi connectivity index (χ3n) is 5.27. The summed E-state index contributed by atoms with van der Waals surface area (Å²) in [6, 6.07) is 25.6. The van der Waals surface area contributed by atoms with E-state index in [1.54, 1.807) is 24.3 Å². The third kappa shape index (κ3) is 5.41. The number of rotatable bonds is 7. The van der Waals surface area contributed by atoms with Crippen LogP contribution in [0, 0.1) is 0 Å². The summed E-state index contributed by atoms with van der Waals surface area (Å²) in [5.74, 6) is -0.923. The molecule has 5 nitrogen and oxygen atoms in total. The summed E-state index contributed by atoms with van der Waals surface area (Å²) >= 11 is 7.25. The maximum Gasteiger partial charge on any atom is 0.337 e. The molecule has 1 saturated heterocycles. The molecule has 33 heavy (non-hydrogen) atoms. The van der Waals surface area contributed by atoms with Crippen molar-refractivity contribution >= 4 is 35.3 Å². The Balaban J connectivity index is 1.64. The average molecular weight is 483 g/mol. The second kappa shape index (κ2) is 10.9. The van der Waals surface area contributed by atoms with Crippen LogP contribution in [0.25, 0.3) is 0 Å². The molecule has 4 rings (SSSR count). The number of thioether (sulfide) groups is 1. The van der Waals surface area contributed by atoms with E-state index in [2.05, 4.69) is 0 Å². The summed E-state index contributed by atoms with van der Waals surface area (Å²) in [4.78, 5) is 27.1. The van der Waals surface area contributed by atoms with Gasteiger partial charge in [-0.1, -0.05) is 84.4 Å². The minimum absolute atomic E-state index is 0.0429. The Morgan fingerprint density at radius 3 is 1.88 bits per heavy atom. The quantitative estimate of drug-likeness (QED) is 0.333. The van der Waals surface area contributed by atoms with Crippen LogP contribution in [0.4, 0.5) is 0 Å². The van der Waals surface area contributed by atoms with Crippen molar-refractivity contribution in [2.45, 2.75) is 24.1 Å². The first-order chi connectivity index (χ1) is 16.1. The van der Waals surface area contributed by atoms with Crippen LogP contribution in [0.5, 0.6) is 0 Å². The van der Waals surface area contributed by atoms with Gasteiger partial charge in [-0.2, -0.15) is 0 Å². The molecule has 0 unspecified atom stereocenters. The average Bonchev–Trinajstić information content (AvgIpc) is 2.87. The first-order valence-electron chi connectivity index (χ1n) is 10.5. The van der Waals surface area contributed by atoms with E-state index in [1.165, 1.54) is 11.8 Å². The normalized spacial score (nSPS) is 17.2. The van der Waals surface area contributed by atoms with Crippen molar-refractivity contribution in [1.82, 2.24) is 0 Å². The van der Waals surface area contributed by atoms with Crippen LogP contribution in [0.3, 0.4) is 0 Å². The SMILES string of the molecule is O=C(OCc1ccccc1)C1(C(=O)OCc2ccccc2)SCCO[C@@H]1c1ccc(Cl)cc1. The fourth-order valence-corrected chi connectivity index (χ4v) is 4.94. The molecule has 1 heterocycles. The fraction of sp³-hybridized carbons (Fsp3) is 0.231. The van der Waals surface area contributed by atoms with Crippen molar-refractivity contribution in [1.29, 1.82) is 0 Å². The lowest BCUT2D eigenvalue weighted by atomic mass is 9.94. The molecule has 0 spiro atoms. The largest absolute Gasteiger partial charge is 0.459 e. The molecule has 1 aliphatic heterocycles. The van der Waals surface area contributed by atoms with E-state index in [0.29, 0.717) is 22.9 Å². The van der Waals surface area contributed by atoms with Crippen LogP contribution in [-0.4, -0.2) is 29.0 Å². The molecule has 3 aromatic rings. The second-order valence-corrected chi connectivity index (χ2v) is 9.29. The molecule has 7 heteroatoms. The maximum atomic E-state index is 13.5. The molecule has 170 valence electrons. The molecule has 0 radical (unpaired) electrons. The zero-order valence-electron chi connectivity index (χ0n) is 17.8. The van der Waals surface area contributed by atoms with Crippen LogP contribution >= 0.6 is 23.4 Å². The molecule has 3 aromatic carbocycles. The Morgan fingerprint density at radius 2 is 1.36 bits per heavy atom. The lowest BCUT2D eigenvalue weighted by Crippen LogP contribution is -2.54. The van der Waals surface area contributed by atoms with Crippen molar-refractivity contribution < 1.29 is 23.8 Å². The monoisotopic (exact) mass is 482 g/mol. The molecule has 1 atom stereocenters. The number of esters is 2. The third-order valence-corrected chi connectivity index (χ3v) is 6.90. The summed E-state index contributed by atoms with van der Waals surface area (Å²) in [6.07, 6.45) is -0.875. The molecular formula is C26H23ClO5S. The van der Waals surface area contributed by atoms with Gasteiger partial charge in [0.05, 0.1) is 6.61 Å². The molecule has 0 bridgehead atoms. The molecule has 0 amide bonds. The summed E-state index contributed by atoms with van der Waals surface area (Å²) in [7, 11) is 0. The van der Waals surface area contributed by atoms with Gasteiger partial charge in [0.25, 0.3) is 0 Å². The zero-order chi connectivity index (χ0) is 23.1. The predicted octanol–water partition coefficient (Wildman–Crippen LogP) is 5.37. The summed E-state index contributed by atoms with van der Waals surface area (Å²) < 4.78 is 15.6. The summed E-state index contributed by atoms with van der Waals surface area (Å²) in [6.45, 7) is 0.472. The van der Waals surface area contributed by atoms with Gasteiger partial charge < -0.3 is 14.2 Å². The van der Waals surface area contributed by atoms with E-state index in [-0.39, 0.29) is 13.2 Å². The van der Waals surface area contributed by atoms with Crippen LogP contribution in [-0.2, 0) is 37.0 Å². The first-order valence-corrected chi connectivity index (χ1v) is 11.9. The molecule has 0 N–H and O–H groups in total. The van der Waals surface area contributed by atoms with Gasteiger partial charge in [0.15, 0.2) is 0 Å². The Hall–Kier alpha value is -2.80. The molecule has 0 saturated carbocycles. The van der Waals surface area contributed by atoms with Crippen molar-refractivity contribution in [2.75, 3.05) is 12.4 Å². The summed E-state index contributed by atoms with van der Waals surface area (Å²) in [5, 5.41) is 0.547. The van der Waals surface area contributed by atoms with Crippen LogP contribution < -0.4 is 0 Å². The predicted molar refractivity (Wildman–Crippen MR) is 128 cm³/mol.